The van der Waals surface area contributed by atoms with E-state index in [0.29, 0.717) is 5.76 Å². The Labute approximate surface area is 174 Å². The maximum Gasteiger partial charge on any atom is 0.404 e. The van der Waals surface area contributed by atoms with Gasteiger partial charge < -0.3 is 14.5 Å². The van der Waals surface area contributed by atoms with Gasteiger partial charge in [-0.25, -0.2) is 5.43 Å². The predicted octanol–water partition coefficient (Wildman–Crippen LogP) is 4.01. The number of carbonyl (C=O) groups excluding carboxylic acids is 1. The number of hydrogen-bond donors (Lipinski definition) is 1. The summed E-state index contributed by atoms with van der Waals surface area (Å²) in [4.78, 5) is 22.4. The molecule has 3 rings (SSSR count). The molecule has 0 aliphatic rings. The van der Waals surface area contributed by atoms with Crippen molar-refractivity contribution >= 4 is 39.9 Å². The van der Waals surface area contributed by atoms with E-state index in [-0.39, 0.29) is 22.6 Å². The minimum atomic E-state index is -0.589. The molecule has 0 aliphatic heterocycles. The fraction of sp³-hybridized carbons (Fsp3) is 0.105. The van der Waals surface area contributed by atoms with Crippen molar-refractivity contribution in [1.82, 2.24) is 15.2 Å². The Morgan fingerprint density at radius 1 is 1.34 bits per heavy atom. The maximum atomic E-state index is 12.1. The van der Waals surface area contributed by atoms with Gasteiger partial charge in [-0.2, -0.15) is 9.78 Å². The molecule has 2 aromatic heterocycles. The number of hydrazone groups is 1. The highest BCUT2D eigenvalue weighted by Crippen LogP contribution is 2.22. The highest BCUT2D eigenvalue weighted by atomic mass is 79.9. The molecule has 0 atom stereocenters. The molecule has 0 radical (unpaired) electrons. The minimum absolute atomic E-state index is 0.0718. The lowest BCUT2D eigenvalue weighted by Crippen LogP contribution is -2.16. The van der Waals surface area contributed by atoms with Crippen LogP contribution in [0.4, 0.5) is 5.82 Å². The van der Waals surface area contributed by atoms with Crippen LogP contribution in [0.3, 0.4) is 0 Å². The van der Waals surface area contributed by atoms with E-state index in [4.69, 9.17) is 4.42 Å². The molecule has 1 N–H and O–H groups in total. The Hall–Kier alpha value is -3.53. The monoisotopic (exact) mass is 457 g/mol. The van der Waals surface area contributed by atoms with Gasteiger partial charge >= 0.3 is 11.7 Å². The Bertz CT molecular complexity index is 1090. The lowest BCUT2D eigenvalue weighted by atomic mass is 10.1. The van der Waals surface area contributed by atoms with E-state index in [1.54, 1.807) is 6.07 Å². The number of rotatable bonds is 7. The second-order valence-corrected chi connectivity index (χ2v) is 6.87. The minimum Gasteiger partial charge on any atom is -0.454 e. The number of carbonyl (C=O) groups is 1. The van der Waals surface area contributed by atoms with Crippen LogP contribution in [-0.2, 0) is 6.54 Å². The molecule has 9 nitrogen and oxygen atoms in total. The first-order valence-electron chi connectivity index (χ1n) is 8.45. The summed E-state index contributed by atoms with van der Waals surface area (Å²) < 4.78 is 7.08. The summed E-state index contributed by atoms with van der Waals surface area (Å²) in [6.45, 7) is 2.01. The molecule has 0 spiro atoms. The van der Waals surface area contributed by atoms with Crippen molar-refractivity contribution in [3.8, 4) is 0 Å². The average Bonchev–Trinajstić information content (AvgIpc) is 3.29. The third-order valence-corrected chi connectivity index (χ3v) is 4.26. The molecule has 10 heteroatoms. The van der Waals surface area contributed by atoms with Gasteiger partial charge in [0.1, 0.15) is 16.8 Å². The predicted molar refractivity (Wildman–Crippen MR) is 110 cm³/mol. The quantitative estimate of drug-likeness (QED) is 0.326. The van der Waals surface area contributed by atoms with E-state index < -0.39 is 10.8 Å². The smallest absolute Gasteiger partial charge is 0.404 e. The molecule has 0 fully saturated rings. The molecule has 0 saturated heterocycles. The van der Waals surface area contributed by atoms with Crippen LogP contribution in [0.1, 0.15) is 28.8 Å². The molecule has 29 heavy (non-hydrogen) atoms. The van der Waals surface area contributed by atoms with Crippen LogP contribution < -0.4 is 5.43 Å². The zero-order valence-corrected chi connectivity index (χ0v) is 16.9. The van der Waals surface area contributed by atoms with Crippen molar-refractivity contribution in [3.05, 3.63) is 85.9 Å². The second kappa shape index (κ2) is 9.11. The summed E-state index contributed by atoms with van der Waals surface area (Å²) >= 11 is 3.08. The third-order valence-electron chi connectivity index (χ3n) is 3.70. The number of nitrogens with one attached hydrogen (secondary N) is 1. The number of allylic oxidation sites excluding steroid dienone is 1. The Morgan fingerprint density at radius 3 is 2.79 bits per heavy atom. The number of aromatic nitrogens is 2. The van der Waals surface area contributed by atoms with Gasteiger partial charge in [0, 0.05) is 0 Å². The van der Waals surface area contributed by atoms with Crippen LogP contribution in [0.15, 0.2) is 68.2 Å². The number of halogens is 1. The average molecular weight is 458 g/mol. The van der Waals surface area contributed by atoms with E-state index >= 15 is 0 Å². The van der Waals surface area contributed by atoms with Gasteiger partial charge in [-0.15, -0.1) is 0 Å². The van der Waals surface area contributed by atoms with E-state index in [0.717, 1.165) is 11.1 Å². The summed E-state index contributed by atoms with van der Waals surface area (Å²) in [6, 6.07) is 12.8. The third kappa shape index (κ3) is 5.48. The molecule has 0 bridgehead atoms. The second-order valence-electron chi connectivity index (χ2n) is 6.02. The maximum absolute atomic E-state index is 12.1. The standard InChI is InChI=1S/C19H16BrN5O4/c1-13(9-14-5-3-2-4-6-14)10-21-22-19(26)17-8-7-15(29-17)11-24-12-16(20)18(23-24)25(27)28/h2-10,12H,11H2,1H3,(H,22,26). The number of nitrogens with zero attached hydrogens (tertiary/aromatic N) is 4. The van der Waals surface area contributed by atoms with Crippen molar-refractivity contribution in [1.29, 1.82) is 0 Å². The molecule has 0 saturated carbocycles. The molecular weight excluding hydrogens is 442 g/mol. The lowest BCUT2D eigenvalue weighted by Gasteiger charge is -1.97. The molecular formula is C19H16BrN5O4. The number of furan rings is 1. The largest absolute Gasteiger partial charge is 0.454 e. The van der Waals surface area contributed by atoms with Crippen LogP contribution in [0.5, 0.6) is 0 Å². The normalized spacial score (nSPS) is 11.7. The summed E-state index contributed by atoms with van der Waals surface area (Å²) in [7, 11) is 0. The van der Waals surface area contributed by atoms with E-state index in [2.05, 4.69) is 31.6 Å². The van der Waals surface area contributed by atoms with E-state index in [1.165, 1.54) is 23.2 Å². The molecule has 1 amide bonds. The molecule has 3 aromatic rings. The van der Waals surface area contributed by atoms with Crippen LogP contribution in [-0.4, -0.2) is 26.8 Å². The Morgan fingerprint density at radius 2 is 2.10 bits per heavy atom. The van der Waals surface area contributed by atoms with Gasteiger partial charge in [0.15, 0.2) is 5.76 Å². The molecule has 2 heterocycles. The fourth-order valence-electron chi connectivity index (χ4n) is 2.43. The number of benzene rings is 1. The summed E-state index contributed by atoms with van der Waals surface area (Å²) in [5.74, 6) is -0.304. The number of nitro groups is 1. The van der Waals surface area contributed by atoms with Crippen molar-refractivity contribution in [2.24, 2.45) is 5.10 Å². The van der Waals surface area contributed by atoms with E-state index in [1.807, 2.05) is 43.3 Å². The van der Waals surface area contributed by atoms with Crippen LogP contribution in [0.25, 0.3) is 6.08 Å². The molecule has 0 unspecified atom stereocenters. The van der Waals surface area contributed by atoms with Crippen LogP contribution >= 0.6 is 15.9 Å². The van der Waals surface area contributed by atoms with Crippen molar-refractivity contribution in [3.63, 3.8) is 0 Å². The highest BCUT2D eigenvalue weighted by Gasteiger charge is 2.19. The van der Waals surface area contributed by atoms with Gasteiger partial charge in [-0.3, -0.25) is 4.79 Å². The summed E-state index contributed by atoms with van der Waals surface area (Å²) in [5.41, 5.74) is 4.29. The zero-order chi connectivity index (χ0) is 20.8. The van der Waals surface area contributed by atoms with Crippen molar-refractivity contribution < 1.29 is 14.1 Å². The lowest BCUT2D eigenvalue weighted by molar-refractivity contribution is -0.390. The molecule has 1 aromatic carbocycles. The zero-order valence-electron chi connectivity index (χ0n) is 15.3. The van der Waals surface area contributed by atoms with Crippen LogP contribution in [0, 0.1) is 10.1 Å². The van der Waals surface area contributed by atoms with Gasteiger partial charge in [-0.1, -0.05) is 36.4 Å². The first-order chi connectivity index (χ1) is 13.9. The number of amides is 1. The fourth-order valence-corrected chi connectivity index (χ4v) is 2.89. The SMILES string of the molecule is CC(C=NNC(=O)c1ccc(Cn2cc(Br)c([N+](=O)[O-])n2)o1)=Cc1ccccc1. The Balaban J connectivity index is 1.58. The number of hydrogen-bond acceptors (Lipinski definition) is 6. The van der Waals surface area contributed by atoms with Crippen molar-refractivity contribution in [2.75, 3.05) is 0 Å². The highest BCUT2D eigenvalue weighted by molar-refractivity contribution is 9.10. The first-order valence-corrected chi connectivity index (χ1v) is 9.24. The van der Waals surface area contributed by atoms with Gasteiger partial charge in [0.05, 0.1) is 17.5 Å². The topological polar surface area (TPSA) is 116 Å². The van der Waals surface area contributed by atoms with Gasteiger partial charge in [0.25, 0.3) is 0 Å². The van der Waals surface area contributed by atoms with E-state index in [9.17, 15) is 14.9 Å². The summed E-state index contributed by atoms with van der Waals surface area (Å²) in [5, 5.41) is 18.6. The summed E-state index contributed by atoms with van der Waals surface area (Å²) in [6.07, 6.45) is 4.93. The molecule has 148 valence electrons. The van der Waals surface area contributed by atoms with Gasteiger partial charge in [0.2, 0.25) is 0 Å². The van der Waals surface area contributed by atoms with Crippen molar-refractivity contribution in [2.45, 2.75) is 13.5 Å². The molecule has 0 aliphatic carbocycles. The first kappa shape index (κ1) is 20.2. The van der Waals surface area contributed by atoms with Crippen LogP contribution in [0.2, 0.25) is 0 Å². The Kier molecular flexibility index (Phi) is 6.35. The van der Waals surface area contributed by atoms with Gasteiger partial charge in [-0.05, 0) is 51.0 Å².